The lowest BCUT2D eigenvalue weighted by Gasteiger charge is -2.06. The number of esters is 1. The zero-order chi connectivity index (χ0) is 15.6. The molecule has 0 fully saturated rings. The van der Waals surface area contributed by atoms with Gasteiger partial charge >= 0.3 is 5.97 Å². The van der Waals surface area contributed by atoms with Gasteiger partial charge in [-0.2, -0.15) is 0 Å². The zero-order valence-corrected chi connectivity index (χ0v) is 12.7. The van der Waals surface area contributed by atoms with Crippen LogP contribution in [0.1, 0.15) is 17.0 Å². The van der Waals surface area contributed by atoms with Gasteiger partial charge in [-0.05, 0) is 24.6 Å². The number of nitrogens with zero attached hydrogens (tertiary/aromatic N) is 1. The van der Waals surface area contributed by atoms with E-state index in [4.69, 9.17) is 32.5 Å². The first-order valence-corrected chi connectivity index (χ1v) is 6.60. The molecule has 0 saturated heterocycles. The van der Waals surface area contributed by atoms with Gasteiger partial charge in [-0.25, -0.2) is 4.79 Å². The number of rotatable bonds is 3. The van der Waals surface area contributed by atoms with E-state index >= 15 is 0 Å². The fourth-order valence-corrected chi connectivity index (χ4v) is 2.08. The van der Waals surface area contributed by atoms with E-state index in [9.17, 15) is 9.90 Å². The molecule has 110 valence electrons. The molecule has 0 bridgehead atoms. The Bertz CT molecular complexity index is 722. The Labute approximate surface area is 130 Å². The molecule has 2 aromatic rings. The van der Waals surface area contributed by atoms with Gasteiger partial charge in [0.15, 0.2) is 11.5 Å². The maximum Gasteiger partial charge on any atom is 0.341 e. The Balaban J connectivity index is 2.56. The second-order valence-electron chi connectivity index (χ2n) is 4.18. The normalized spacial score (nSPS) is 11.5. The van der Waals surface area contributed by atoms with Crippen molar-refractivity contribution in [1.29, 1.82) is 0 Å². The predicted molar refractivity (Wildman–Crippen MR) is 79.3 cm³/mol. The first kappa shape index (κ1) is 15.4. The van der Waals surface area contributed by atoms with Crippen LogP contribution in [-0.2, 0) is 9.53 Å². The second kappa shape index (κ2) is 6.20. The number of carbonyl (C=O) groups excluding carboxylic acids is 1. The largest absolute Gasteiger partial charge is 0.505 e. The van der Waals surface area contributed by atoms with E-state index in [2.05, 4.69) is 5.16 Å². The number of hydrogen-bond donors (Lipinski definition) is 1. The van der Waals surface area contributed by atoms with Crippen molar-refractivity contribution >= 4 is 40.8 Å². The average molecular weight is 328 g/mol. The molecular weight excluding hydrogens is 317 g/mol. The van der Waals surface area contributed by atoms with Crippen molar-refractivity contribution in [3.8, 4) is 5.75 Å². The number of phenols is 1. The minimum absolute atomic E-state index is 0.0279. The molecule has 1 aromatic carbocycles. The van der Waals surface area contributed by atoms with Crippen LogP contribution in [0.5, 0.6) is 5.75 Å². The van der Waals surface area contributed by atoms with E-state index < -0.39 is 5.97 Å². The number of ether oxygens (including phenoxy) is 1. The zero-order valence-electron chi connectivity index (χ0n) is 11.2. The third-order valence-electron chi connectivity index (χ3n) is 2.70. The molecule has 0 spiro atoms. The molecule has 1 heterocycles. The molecule has 7 heteroatoms. The van der Waals surface area contributed by atoms with Gasteiger partial charge in [-0.15, -0.1) is 0 Å². The molecule has 2 rings (SSSR count). The Hall–Kier alpha value is -1.98. The highest BCUT2D eigenvalue weighted by Gasteiger charge is 2.19. The standard InChI is InChI=1S/C14H11Cl2NO4/c1-7-5-11(21-17-7)9(14(19)20-2)6-8-3-4-10(15)13(18)12(8)16/h3-6,18H,1-2H3/b9-6-. The summed E-state index contributed by atoms with van der Waals surface area (Å²) in [5.74, 6) is -0.633. The number of phenolic OH excluding ortho intramolecular Hbond substituents is 1. The van der Waals surface area contributed by atoms with Crippen molar-refractivity contribution in [2.75, 3.05) is 7.11 Å². The van der Waals surface area contributed by atoms with Crippen LogP contribution in [-0.4, -0.2) is 23.3 Å². The van der Waals surface area contributed by atoms with E-state index in [1.807, 2.05) is 0 Å². The van der Waals surface area contributed by atoms with Crippen LogP contribution in [0.4, 0.5) is 0 Å². The molecule has 0 unspecified atom stereocenters. The smallest absolute Gasteiger partial charge is 0.341 e. The first-order valence-electron chi connectivity index (χ1n) is 5.84. The predicted octanol–water partition coefficient (Wildman–Crippen LogP) is 3.71. The van der Waals surface area contributed by atoms with Crippen molar-refractivity contribution in [2.24, 2.45) is 0 Å². The Morgan fingerprint density at radius 1 is 1.43 bits per heavy atom. The van der Waals surface area contributed by atoms with Gasteiger partial charge in [0.2, 0.25) is 0 Å². The molecule has 0 aliphatic heterocycles. The van der Waals surface area contributed by atoms with E-state index in [1.54, 1.807) is 19.1 Å². The second-order valence-corrected chi connectivity index (χ2v) is 4.97. The van der Waals surface area contributed by atoms with Crippen LogP contribution in [0, 0.1) is 6.92 Å². The number of halogens is 2. The van der Waals surface area contributed by atoms with E-state index in [0.717, 1.165) is 0 Å². The number of methoxy groups -OCH3 is 1. The minimum atomic E-state index is -0.614. The lowest BCUT2D eigenvalue weighted by atomic mass is 10.1. The van der Waals surface area contributed by atoms with Crippen molar-refractivity contribution < 1.29 is 19.2 Å². The first-order chi connectivity index (χ1) is 9.93. The van der Waals surface area contributed by atoms with Crippen LogP contribution in [0.3, 0.4) is 0 Å². The molecule has 1 aromatic heterocycles. The SMILES string of the molecule is COC(=O)/C(=C\c1ccc(Cl)c(O)c1Cl)c1cc(C)no1. The van der Waals surface area contributed by atoms with Crippen LogP contribution in [0.15, 0.2) is 22.7 Å². The molecule has 21 heavy (non-hydrogen) atoms. The molecule has 1 N–H and O–H groups in total. The number of carbonyl (C=O) groups is 1. The summed E-state index contributed by atoms with van der Waals surface area (Å²) in [6.07, 6.45) is 1.43. The van der Waals surface area contributed by atoms with Crippen molar-refractivity contribution in [2.45, 2.75) is 6.92 Å². The summed E-state index contributed by atoms with van der Waals surface area (Å²) in [7, 11) is 1.25. The highest BCUT2D eigenvalue weighted by molar-refractivity contribution is 6.38. The molecular formula is C14H11Cl2NO4. The third-order valence-corrected chi connectivity index (χ3v) is 3.40. The molecule has 0 saturated carbocycles. The van der Waals surface area contributed by atoms with Gasteiger partial charge in [0.05, 0.1) is 22.8 Å². The Kier molecular flexibility index (Phi) is 4.55. The molecule has 0 amide bonds. The molecule has 0 aliphatic carbocycles. The lowest BCUT2D eigenvalue weighted by molar-refractivity contribution is -0.133. The number of benzene rings is 1. The molecule has 5 nitrogen and oxygen atoms in total. The maximum absolute atomic E-state index is 11.9. The fourth-order valence-electron chi connectivity index (χ4n) is 1.65. The van der Waals surface area contributed by atoms with Gasteiger partial charge in [0, 0.05) is 6.07 Å². The number of aryl methyl sites for hydroxylation is 1. The van der Waals surface area contributed by atoms with Gasteiger partial charge in [-0.1, -0.05) is 34.4 Å². The van der Waals surface area contributed by atoms with Gasteiger partial charge in [0.1, 0.15) is 5.57 Å². The Morgan fingerprint density at radius 3 is 2.71 bits per heavy atom. The fraction of sp³-hybridized carbons (Fsp3) is 0.143. The van der Waals surface area contributed by atoms with Crippen LogP contribution in [0.25, 0.3) is 11.6 Å². The van der Waals surface area contributed by atoms with E-state index in [-0.39, 0.29) is 27.1 Å². The minimum Gasteiger partial charge on any atom is -0.505 e. The summed E-state index contributed by atoms with van der Waals surface area (Å²) in [5.41, 5.74) is 1.14. The van der Waals surface area contributed by atoms with Crippen LogP contribution in [0.2, 0.25) is 10.0 Å². The summed E-state index contributed by atoms with van der Waals surface area (Å²) in [6, 6.07) is 4.62. The topological polar surface area (TPSA) is 72.6 Å². The number of aromatic nitrogens is 1. The highest BCUT2D eigenvalue weighted by atomic mass is 35.5. The van der Waals surface area contributed by atoms with Gasteiger partial charge in [-0.3, -0.25) is 0 Å². The van der Waals surface area contributed by atoms with Crippen LogP contribution < -0.4 is 0 Å². The summed E-state index contributed by atoms with van der Waals surface area (Å²) in [5, 5.41) is 13.6. The van der Waals surface area contributed by atoms with E-state index in [0.29, 0.717) is 11.3 Å². The molecule has 0 aliphatic rings. The van der Waals surface area contributed by atoms with Crippen molar-refractivity contribution in [3.63, 3.8) is 0 Å². The highest BCUT2D eigenvalue weighted by Crippen LogP contribution is 2.36. The summed E-state index contributed by atoms with van der Waals surface area (Å²) >= 11 is 11.8. The molecule has 0 radical (unpaired) electrons. The average Bonchev–Trinajstić information content (AvgIpc) is 2.89. The van der Waals surface area contributed by atoms with E-state index in [1.165, 1.54) is 19.3 Å². The third kappa shape index (κ3) is 3.20. The van der Waals surface area contributed by atoms with Gasteiger partial charge < -0.3 is 14.4 Å². The monoisotopic (exact) mass is 327 g/mol. The number of hydrogen-bond acceptors (Lipinski definition) is 5. The summed E-state index contributed by atoms with van der Waals surface area (Å²) in [4.78, 5) is 11.9. The molecule has 0 atom stereocenters. The summed E-state index contributed by atoms with van der Waals surface area (Å²) < 4.78 is 9.78. The maximum atomic E-state index is 11.9. The van der Waals surface area contributed by atoms with Crippen molar-refractivity contribution in [3.05, 3.63) is 45.3 Å². The Morgan fingerprint density at radius 2 is 2.14 bits per heavy atom. The van der Waals surface area contributed by atoms with Crippen molar-refractivity contribution in [1.82, 2.24) is 5.16 Å². The summed E-state index contributed by atoms with van der Waals surface area (Å²) in [6.45, 7) is 1.73. The van der Waals surface area contributed by atoms with Crippen LogP contribution >= 0.6 is 23.2 Å². The quantitative estimate of drug-likeness (QED) is 0.687. The number of aromatic hydroxyl groups is 1. The van der Waals surface area contributed by atoms with Gasteiger partial charge in [0.25, 0.3) is 0 Å². The lowest BCUT2D eigenvalue weighted by Crippen LogP contribution is -2.03.